The van der Waals surface area contributed by atoms with E-state index >= 15 is 0 Å². The Morgan fingerprint density at radius 3 is 1.57 bits per heavy atom. The van der Waals surface area contributed by atoms with Gasteiger partial charge in [-0.05, 0) is 0 Å². The number of carboxylic acid groups (broad SMARTS) is 2. The molecule has 14 heavy (non-hydrogen) atoms. The molecular weight excluding hydrogens is 190 g/mol. The van der Waals surface area contributed by atoms with Gasteiger partial charge < -0.3 is 15.1 Å². The lowest BCUT2D eigenvalue weighted by atomic mass is 10.3. The molecule has 6 heteroatoms. The summed E-state index contributed by atoms with van der Waals surface area (Å²) >= 11 is 0. The van der Waals surface area contributed by atoms with Crippen molar-refractivity contribution in [2.45, 2.75) is 19.8 Å². The van der Waals surface area contributed by atoms with E-state index in [0.717, 1.165) is 0 Å². The van der Waals surface area contributed by atoms with Crippen LogP contribution in [-0.4, -0.2) is 46.0 Å². The zero-order chi connectivity index (χ0) is 11.1. The number of hydrogen-bond acceptors (Lipinski definition) is 3. The predicted octanol–water partition coefficient (Wildman–Crippen LogP) is -0.216. The molecule has 0 aliphatic rings. The number of amides is 1. The Bertz CT molecular complexity index is 220. The van der Waals surface area contributed by atoms with E-state index in [2.05, 4.69) is 0 Å². The van der Waals surface area contributed by atoms with Crippen molar-refractivity contribution < 1.29 is 24.6 Å². The number of carbonyl (C=O) groups excluding carboxylic acids is 1. The molecule has 6 nitrogen and oxygen atoms in total. The van der Waals surface area contributed by atoms with Gasteiger partial charge in [0.25, 0.3) is 0 Å². The molecule has 1 amide bonds. The minimum Gasteiger partial charge on any atom is -0.481 e. The summed E-state index contributed by atoms with van der Waals surface area (Å²) in [6.45, 7) is 1.39. The molecule has 0 spiro atoms. The molecule has 2 N–H and O–H groups in total. The molecular formula is C8H13NO5. The molecule has 0 rings (SSSR count). The minimum absolute atomic E-state index is 0.0535. The first-order chi connectivity index (χ1) is 6.43. The second kappa shape index (κ2) is 5.95. The number of nitrogens with zero attached hydrogens (tertiary/aromatic N) is 1. The lowest BCUT2D eigenvalue weighted by molar-refractivity contribution is -0.138. The third-order valence-corrected chi connectivity index (χ3v) is 1.64. The lowest BCUT2D eigenvalue weighted by Crippen LogP contribution is -2.32. The average molecular weight is 203 g/mol. The van der Waals surface area contributed by atoms with Gasteiger partial charge in [-0.1, -0.05) is 0 Å². The summed E-state index contributed by atoms with van der Waals surface area (Å²) < 4.78 is 0. The maximum Gasteiger partial charge on any atom is 0.305 e. The molecule has 0 saturated carbocycles. The lowest BCUT2D eigenvalue weighted by Gasteiger charge is -2.18. The zero-order valence-corrected chi connectivity index (χ0v) is 7.89. The van der Waals surface area contributed by atoms with Crippen molar-refractivity contribution in [3.63, 3.8) is 0 Å². The van der Waals surface area contributed by atoms with Crippen molar-refractivity contribution in [2.24, 2.45) is 0 Å². The monoisotopic (exact) mass is 203 g/mol. The van der Waals surface area contributed by atoms with Gasteiger partial charge in [0, 0.05) is 20.0 Å². The van der Waals surface area contributed by atoms with Crippen molar-refractivity contribution in [3.8, 4) is 0 Å². The molecule has 0 atom stereocenters. The number of carbonyl (C=O) groups is 3. The van der Waals surface area contributed by atoms with Crippen molar-refractivity contribution in [2.75, 3.05) is 13.1 Å². The Kier molecular flexibility index (Phi) is 5.28. The smallest absolute Gasteiger partial charge is 0.305 e. The molecule has 0 heterocycles. The standard InChI is InChI=1S/C8H13NO5/c1-6(10)9(4-2-7(11)12)5-3-8(13)14/h2-5H2,1H3,(H,11,12)(H,13,14). The van der Waals surface area contributed by atoms with E-state index in [-0.39, 0.29) is 31.8 Å². The molecule has 0 aromatic heterocycles. The van der Waals surface area contributed by atoms with Crippen LogP contribution in [0.1, 0.15) is 19.8 Å². The van der Waals surface area contributed by atoms with Crippen LogP contribution in [0, 0.1) is 0 Å². The summed E-state index contributed by atoms with van der Waals surface area (Å²) in [6.07, 6.45) is -0.335. The number of rotatable bonds is 6. The summed E-state index contributed by atoms with van der Waals surface area (Å²) in [4.78, 5) is 32.5. The van der Waals surface area contributed by atoms with Crippen LogP contribution in [0.15, 0.2) is 0 Å². The number of aliphatic carboxylic acids is 2. The first kappa shape index (κ1) is 12.4. The van der Waals surface area contributed by atoms with Crippen molar-refractivity contribution in [1.29, 1.82) is 0 Å². The van der Waals surface area contributed by atoms with Gasteiger partial charge in [-0.15, -0.1) is 0 Å². The van der Waals surface area contributed by atoms with E-state index in [1.54, 1.807) is 0 Å². The quantitative estimate of drug-likeness (QED) is 0.622. The molecule has 0 radical (unpaired) electrons. The molecule has 0 fully saturated rings. The van der Waals surface area contributed by atoms with Crippen LogP contribution in [0.4, 0.5) is 0 Å². The topological polar surface area (TPSA) is 94.9 Å². The predicted molar refractivity (Wildman–Crippen MR) is 46.8 cm³/mol. The normalized spacial score (nSPS) is 9.50. The van der Waals surface area contributed by atoms with E-state index in [1.807, 2.05) is 0 Å². The van der Waals surface area contributed by atoms with E-state index < -0.39 is 11.9 Å². The maximum absolute atomic E-state index is 10.9. The number of hydrogen-bond donors (Lipinski definition) is 2. The second-order valence-electron chi connectivity index (χ2n) is 2.79. The summed E-state index contributed by atoms with van der Waals surface area (Å²) in [7, 11) is 0. The van der Waals surface area contributed by atoms with Crippen LogP contribution in [-0.2, 0) is 14.4 Å². The molecule has 0 aliphatic carbocycles. The van der Waals surface area contributed by atoms with Crippen LogP contribution in [0.25, 0.3) is 0 Å². The largest absolute Gasteiger partial charge is 0.481 e. The second-order valence-corrected chi connectivity index (χ2v) is 2.79. The highest BCUT2D eigenvalue weighted by Crippen LogP contribution is 1.95. The van der Waals surface area contributed by atoms with Gasteiger partial charge in [-0.3, -0.25) is 14.4 Å². The van der Waals surface area contributed by atoms with Crippen molar-refractivity contribution >= 4 is 17.8 Å². The Hall–Kier alpha value is -1.59. The van der Waals surface area contributed by atoms with Gasteiger partial charge in [0.1, 0.15) is 0 Å². The van der Waals surface area contributed by atoms with Gasteiger partial charge in [-0.25, -0.2) is 0 Å². The fourth-order valence-corrected chi connectivity index (χ4v) is 0.888. The summed E-state index contributed by atoms with van der Waals surface area (Å²) in [5.41, 5.74) is 0. The zero-order valence-electron chi connectivity index (χ0n) is 7.89. The van der Waals surface area contributed by atoms with E-state index in [9.17, 15) is 14.4 Å². The Morgan fingerprint density at radius 1 is 1.00 bits per heavy atom. The number of carboxylic acids is 2. The molecule has 0 aromatic carbocycles. The van der Waals surface area contributed by atoms with Gasteiger partial charge >= 0.3 is 11.9 Å². The molecule has 0 saturated heterocycles. The fourth-order valence-electron chi connectivity index (χ4n) is 0.888. The van der Waals surface area contributed by atoms with E-state index in [0.29, 0.717) is 0 Å². The minimum atomic E-state index is -1.01. The summed E-state index contributed by atoms with van der Waals surface area (Å²) in [5.74, 6) is -2.33. The Morgan fingerprint density at radius 2 is 1.36 bits per heavy atom. The molecule has 80 valence electrons. The van der Waals surface area contributed by atoms with Crippen LogP contribution in [0.2, 0.25) is 0 Å². The Labute approximate surface area is 81.1 Å². The summed E-state index contributed by atoms with van der Waals surface area (Å²) in [5, 5.41) is 16.7. The van der Waals surface area contributed by atoms with Gasteiger partial charge in [0.15, 0.2) is 0 Å². The van der Waals surface area contributed by atoms with Crippen LogP contribution < -0.4 is 0 Å². The Balaban J connectivity index is 3.96. The van der Waals surface area contributed by atoms with E-state index in [1.165, 1.54) is 11.8 Å². The highest BCUT2D eigenvalue weighted by molar-refractivity contribution is 5.75. The molecule has 0 aliphatic heterocycles. The van der Waals surface area contributed by atoms with Crippen LogP contribution in [0.3, 0.4) is 0 Å². The molecule has 0 aromatic rings. The molecule has 0 unspecified atom stereocenters. The first-order valence-electron chi connectivity index (χ1n) is 4.12. The van der Waals surface area contributed by atoms with Gasteiger partial charge in [-0.2, -0.15) is 0 Å². The van der Waals surface area contributed by atoms with Gasteiger partial charge in [0.05, 0.1) is 12.8 Å². The van der Waals surface area contributed by atoms with Crippen molar-refractivity contribution in [3.05, 3.63) is 0 Å². The van der Waals surface area contributed by atoms with E-state index in [4.69, 9.17) is 10.2 Å². The third kappa shape index (κ3) is 5.99. The first-order valence-corrected chi connectivity index (χ1v) is 4.12. The SMILES string of the molecule is CC(=O)N(CCC(=O)O)CCC(=O)O. The average Bonchev–Trinajstić information content (AvgIpc) is 2.02. The van der Waals surface area contributed by atoms with Crippen molar-refractivity contribution in [1.82, 2.24) is 4.90 Å². The molecule has 0 bridgehead atoms. The van der Waals surface area contributed by atoms with Gasteiger partial charge in [0.2, 0.25) is 5.91 Å². The third-order valence-electron chi connectivity index (χ3n) is 1.64. The summed E-state index contributed by atoms with van der Waals surface area (Å²) in [6, 6.07) is 0. The maximum atomic E-state index is 10.9. The fraction of sp³-hybridized carbons (Fsp3) is 0.625. The highest BCUT2D eigenvalue weighted by Gasteiger charge is 2.11. The van der Waals surface area contributed by atoms with Crippen LogP contribution >= 0.6 is 0 Å². The highest BCUT2D eigenvalue weighted by atomic mass is 16.4. The van der Waals surface area contributed by atoms with Crippen LogP contribution in [0.5, 0.6) is 0 Å².